The first kappa shape index (κ1) is 14.2. The van der Waals surface area contributed by atoms with Crippen LogP contribution < -0.4 is 5.32 Å². The highest BCUT2D eigenvalue weighted by molar-refractivity contribution is 6.42. The molecule has 1 aliphatic rings. The molecular weight excluding hydrogens is 265 g/mol. The van der Waals surface area contributed by atoms with Crippen LogP contribution in [0.5, 0.6) is 0 Å². The summed E-state index contributed by atoms with van der Waals surface area (Å²) in [5, 5.41) is 4.99. The van der Waals surface area contributed by atoms with Crippen LogP contribution >= 0.6 is 23.2 Å². The quantitative estimate of drug-likeness (QED) is 0.765. The van der Waals surface area contributed by atoms with Gasteiger partial charge in [-0.25, -0.2) is 0 Å². The van der Waals surface area contributed by atoms with E-state index in [9.17, 15) is 0 Å². The molecule has 2 rings (SSSR count). The summed E-state index contributed by atoms with van der Waals surface area (Å²) in [6.45, 7) is 3.25. The van der Waals surface area contributed by atoms with Crippen LogP contribution in [0.3, 0.4) is 0 Å². The smallest absolute Gasteiger partial charge is 0.0624 e. The van der Waals surface area contributed by atoms with Gasteiger partial charge in [-0.05, 0) is 56.2 Å². The molecule has 0 saturated heterocycles. The van der Waals surface area contributed by atoms with Crippen LogP contribution in [0.4, 0.5) is 0 Å². The number of rotatable bonds is 7. The lowest BCUT2D eigenvalue weighted by Gasteiger charge is -2.17. The zero-order chi connectivity index (χ0) is 13.0. The molecule has 1 unspecified atom stereocenters. The molecule has 3 heteroatoms. The Morgan fingerprint density at radius 2 is 2.11 bits per heavy atom. The van der Waals surface area contributed by atoms with Crippen LogP contribution in [-0.4, -0.2) is 12.6 Å². The summed E-state index contributed by atoms with van der Waals surface area (Å²) in [4.78, 5) is 0. The molecule has 1 fully saturated rings. The van der Waals surface area contributed by atoms with Gasteiger partial charge in [-0.3, -0.25) is 0 Å². The van der Waals surface area contributed by atoms with Gasteiger partial charge in [-0.1, -0.05) is 42.3 Å². The van der Waals surface area contributed by atoms with Crippen molar-refractivity contribution in [2.45, 2.75) is 45.1 Å². The van der Waals surface area contributed by atoms with E-state index in [1.807, 2.05) is 12.1 Å². The summed E-state index contributed by atoms with van der Waals surface area (Å²) in [7, 11) is 0. The lowest BCUT2D eigenvalue weighted by molar-refractivity contribution is 0.434. The predicted octanol–water partition coefficient (Wildman–Crippen LogP) is 4.70. The monoisotopic (exact) mass is 285 g/mol. The second-order valence-corrected chi connectivity index (χ2v) is 5.89. The normalized spacial score (nSPS) is 16.8. The van der Waals surface area contributed by atoms with Crippen molar-refractivity contribution in [3.05, 3.63) is 33.8 Å². The Hall–Kier alpha value is -0.240. The average molecular weight is 286 g/mol. The fraction of sp³-hybridized carbons (Fsp3) is 0.600. The summed E-state index contributed by atoms with van der Waals surface area (Å²) in [6, 6.07) is 6.60. The van der Waals surface area contributed by atoms with E-state index in [1.54, 1.807) is 0 Å². The van der Waals surface area contributed by atoms with E-state index in [4.69, 9.17) is 23.2 Å². The zero-order valence-corrected chi connectivity index (χ0v) is 12.4. The summed E-state index contributed by atoms with van der Waals surface area (Å²) in [5.41, 5.74) is 1.18. The second kappa shape index (κ2) is 6.79. The highest BCUT2D eigenvalue weighted by Crippen LogP contribution is 2.35. The van der Waals surface area contributed by atoms with Crippen LogP contribution in [0.2, 0.25) is 10.0 Å². The number of hydrogen-bond donors (Lipinski definition) is 1. The Bertz CT molecular complexity index is 388. The average Bonchev–Trinajstić information content (AvgIpc) is 3.17. The summed E-state index contributed by atoms with van der Waals surface area (Å²) < 4.78 is 0. The molecule has 0 amide bonds. The maximum absolute atomic E-state index is 6.20. The third-order valence-electron chi connectivity index (χ3n) is 3.65. The predicted molar refractivity (Wildman–Crippen MR) is 79.6 cm³/mol. The van der Waals surface area contributed by atoms with Crippen molar-refractivity contribution in [1.29, 1.82) is 0 Å². The van der Waals surface area contributed by atoms with Crippen molar-refractivity contribution >= 4 is 23.2 Å². The third-order valence-corrected chi connectivity index (χ3v) is 4.51. The molecule has 1 aromatic rings. The zero-order valence-electron chi connectivity index (χ0n) is 10.9. The Labute approximate surface area is 120 Å². The topological polar surface area (TPSA) is 12.0 Å². The van der Waals surface area contributed by atoms with E-state index in [0.717, 1.165) is 23.9 Å². The molecular formula is C15H21Cl2N. The van der Waals surface area contributed by atoms with Gasteiger partial charge in [-0.2, -0.15) is 0 Å². The number of aryl methyl sites for hydroxylation is 1. The SMILES string of the molecule is CCNC(CCCc1cccc(Cl)c1Cl)C1CC1. The van der Waals surface area contributed by atoms with Gasteiger partial charge >= 0.3 is 0 Å². The van der Waals surface area contributed by atoms with E-state index in [1.165, 1.54) is 31.2 Å². The number of nitrogens with one attached hydrogen (secondary N) is 1. The largest absolute Gasteiger partial charge is 0.314 e. The number of hydrogen-bond acceptors (Lipinski definition) is 1. The minimum atomic E-state index is 0.666. The molecule has 0 radical (unpaired) electrons. The highest BCUT2D eigenvalue weighted by atomic mass is 35.5. The molecule has 1 saturated carbocycles. The number of benzene rings is 1. The molecule has 1 aromatic carbocycles. The Morgan fingerprint density at radius 3 is 2.78 bits per heavy atom. The first-order chi connectivity index (χ1) is 8.72. The van der Waals surface area contributed by atoms with E-state index >= 15 is 0 Å². The van der Waals surface area contributed by atoms with Crippen molar-refractivity contribution in [2.24, 2.45) is 5.92 Å². The molecule has 1 nitrogen and oxygen atoms in total. The maximum atomic E-state index is 6.20. The van der Waals surface area contributed by atoms with Crippen molar-refractivity contribution in [2.75, 3.05) is 6.54 Å². The fourth-order valence-electron chi connectivity index (χ4n) is 2.52. The van der Waals surface area contributed by atoms with Crippen molar-refractivity contribution in [3.8, 4) is 0 Å². The van der Waals surface area contributed by atoms with E-state index in [2.05, 4.69) is 18.3 Å². The summed E-state index contributed by atoms with van der Waals surface area (Å²) in [5.74, 6) is 0.916. The lowest BCUT2D eigenvalue weighted by atomic mass is 10.0. The van der Waals surface area contributed by atoms with Crippen LogP contribution in [0.15, 0.2) is 18.2 Å². The molecule has 1 aliphatic carbocycles. The van der Waals surface area contributed by atoms with Crippen molar-refractivity contribution < 1.29 is 0 Å². The van der Waals surface area contributed by atoms with Crippen molar-refractivity contribution in [3.63, 3.8) is 0 Å². The first-order valence-electron chi connectivity index (χ1n) is 6.88. The Morgan fingerprint density at radius 1 is 1.33 bits per heavy atom. The molecule has 0 aliphatic heterocycles. The summed E-state index contributed by atoms with van der Waals surface area (Å²) >= 11 is 12.2. The fourth-order valence-corrected chi connectivity index (χ4v) is 2.93. The second-order valence-electron chi connectivity index (χ2n) is 5.11. The van der Waals surface area contributed by atoms with E-state index in [0.29, 0.717) is 11.1 Å². The molecule has 0 heterocycles. The van der Waals surface area contributed by atoms with Crippen LogP contribution in [-0.2, 0) is 6.42 Å². The molecule has 1 N–H and O–H groups in total. The first-order valence-corrected chi connectivity index (χ1v) is 7.64. The van der Waals surface area contributed by atoms with Crippen molar-refractivity contribution in [1.82, 2.24) is 5.32 Å². The lowest BCUT2D eigenvalue weighted by Crippen LogP contribution is -2.30. The maximum Gasteiger partial charge on any atom is 0.0624 e. The molecule has 0 bridgehead atoms. The molecule has 1 atom stereocenters. The standard InChI is InChI=1S/C15H21Cl2N/c1-2-18-14(11-9-10-11)8-4-6-12-5-3-7-13(16)15(12)17/h3,5,7,11,14,18H,2,4,6,8-10H2,1H3. The molecule has 0 spiro atoms. The van der Waals surface area contributed by atoms with Crippen LogP contribution in [0.25, 0.3) is 0 Å². The number of halogens is 2. The van der Waals surface area contributed by atoms with Gasteiger partial charge in [-0.15, -0.1) is 0 Å². The molecule has 18 heavy (non-hydrogen) atoms. The molecule has 0 aromatic heterocycles. The minimum Gasteiger partial charge on any atom is -0.314 e. The minimum absolute atomic E-state index is 0.666. The Kier molecular flexibility index (Phi) is 5.35. The summed E-state index contributed by atoms with van der Waals surface area (Å²) in [6.07, 6.45) is 6.23. The van der Waals surface area contributed by atoms with Gasteiger partial charge in [0, 0.05) is 6.04 Å². The van der Waals surface area contributed by atoms with Gasteiger partial charge < -0.3 is 5.32 Å². The van der Waals surface area contributed by atoms with Gasteiger partial charge in [0.05, 0.1) is 10.0 Å². The van der Waals surface area contributed by atoms with Crippen LogP contribution in [0, 0.1) is 5.92 Å². The third kappa shape index (κ3) is 3.88. The highest BCUT2D eigenvalue weighted by Gasteiger charge is 2.29. The Balaban J connectivity index is 1.81. The van der Waals surface area contributed by atoms with Gasteiger partial charge in [0.25, 0.3) is 0 Å². The van der Waals surface area contributed by atoms with Gasteiger partial charge in [0.15, 0.2) is 0 Å². The van der Waals surface area contributed by atoms with Gasteiger partial charge in [0.2, 0.25) is 0 Å². The van der Waals surface area contributed by atoms with Crippen LogP contribution in [0.1, 0.15) is 38.2 Å². The molecule has 100 valence electrons. The van der Waals surface area contributed by atoms with Gasteiger partial charge in [0.1, 0.15) is 0 Å². The van der Waals surface area contributed by atoms with E-state index < -0.39 is 0 Å². The van der Waals surface area contributed by atoms with E-state index in [-0.39, 0.29) is 0 Å².